The molecule has 0 atom stereocenters. The first-order valence-electron chi connectivity index (χ1n) is 8.88. The monoisotopic (exact) mass is 445 g/mol. The molecule has 29 heavy (non-hydrogen) atoms. The van der Waals surface area contributed by atoms with Gasteiger partial charge in [0.05, 0.1) is 17.2 Å². The summed E-state index contributed by atoms with van der Waals surface area (Å²) in [5, 5.41) is 6.83. The van der Waals surface area contributed by atoms with Crippen molar-refractivity contribution in [3.63, 3.8) is 0 Å². The number of aromatic nitrogens is 1. The number of thioether (sulfide) groups is 1. The number of halogens is 1. The van der Waals surface area contributed by atoms with Crippen LogP contribution in [0.2, 0.25) is 5.02 Å². The molecule has 2 N–H and O–H groups in total. The van der Waals surface area contributed by atoms with Crippen molar-refractivity contribution in [2.24, 2.45) is 0 Å². The molecule has 150 valence electrons. The third-order valence-electron chi connectivity index (χ3n) is 3.96. The molecule has 8 heteroatoms. The van der Waals surface area contributed by atoms with Gasteiger partial charge in [0, 0.05) is 21.2 Å². The summed E-state index contributed by atoms with van der Waals surface area (Å²) in [5.74, 6) is 0.0565. The van der Waals surface area contributed by atoms with Crippen molar-refractivity contribution in [3.8, 4) is 11.3 Å². The van der Waals surface area contributed by atoms with Gasteiger partial charge in [-0.25, -0.2) is 4.98 Å². The van der Waals surface area contributed by atoms with E-state index in [-0.39, 0.29) is 23.3 Å². The second kappa shape index (κ2) is 9.91. The van der Waals surface area contributed by atoms with E-state index in [1.165, 1.54) is 23.1 Å². The van der Waals surface area contributed by atoms with Gasteiger partial charge in [-0.15, -0.1) is 23.1 Å². The van der Waals surface area contributed by atoms with Crippen molar-refractivity contribution >= 4 is 57.3 Å². The van der Waals surface area contributed by atoms with Gasteiger partial charge in [-0.2, -0.15) is 0 Å². The Labute approximate surface area is 182 Å². The van der Waals surface area contributed by atoms with E-state index in [2.05, 4.69) is 15.6 Å². The van der Waals surface area contributed by atoms with E-state index in [0.717, 1.165) is 27.4 Å². The van der Waals surface area contributed by atoms with Gasteiger partial charge in [0.15, 0.2) is 5.13 Å². The molecule has 0 saturated carbocycles. The van der Waals surface area contributed by atoms with E-state index in [9.17, 15) is 9.59 Å². The zero-order valence-corrected chi connectivity index (χ0v) is 18.4. The maximum absolute atomic E-state index is 12.2. The topological polar surface area (TPSA) is 71.1 Å². The van der Waals surface area contributed by atoms with E-state index in [1.54, 1.807) is 0 Å². The second-order valence-corrected chi connectivity index (χ2v) is 9.01. The number of thiazole rings is 1. The fraction of sp³-hybridized carbons (Fsp3) is 0.190. The number of rotatable bonds is 7. The third-order valence-corrected chi connectivity index (χ3v) is 6.03. The van der Waals surface area contributed by atoms with Gasteiger partial charge in [-0.3, -0.25) is 9.59 Å². The van der Waals surface area contributed by atoms with E-state index in [4.69, 9.17) is 11.6 Å². The minimum absolute atomic E-state index is 0.137. The van der Waals surface area contributed by atoms with Crippen LogP contribution < -0.4 is 10.6 Å². The predicted octanol–water partition coefficient (Wildman–Crippen LogP) is 5.39. The minimum atomic E-state index is -0.186. The fourth-order valence-electron chi connectivity index (χ4n) is 2.55. The van der Waals surface area contributed by atoms with Gasteiger partial charge in [0.1, 0.15) is 0 Å². The Bertz CT molecular complexity index is 1000. The summed E-state index contributed by atoms with van der Waals surface area (Å²) in [6, 6.07) is 15.0. The van der Waals surface area contributed by atoms with E-state index >= 15 is 0 Å². The normalized spacial score (nSPS) is 10.6. The van der Waals surface area contributed by atoms with Crippen molar-refractivity contribution in [1.29, 1.82) is 0 Å². The molecule has 0 spiro atoms. The lowest BCUT2D eigenvalue weighted by Crippen LogP contribution is -2.18. The smallest absolute Gasteiger partial charge is 0.236 e. The first-order valence-corrected chi connectivity index (χ1v) is 11.2. The molecule has 0 aliphatic rings. The molecule has 0 fully saturated rings. The van der Waals surface area contributed by atoms with Crippen LogP contribution in [0.1, 0.15) is 10.4 Å². The van der Waals surface area contributed by atoms with Gasteiger partial charge < -0.3 is 10.6 Å². The number of nitrogens with zero attached hydrogens (tertiary/aromatic N) is 1. The van der Waals surface area contributed by atoms with E-state index < -0.39 is 0 Å². The maximum Gasteiger partial charge on any atom is 0.236 e. The minimum Gasteiger partial charge on any atom is -0.325 e. The summed E-state index contributed by atoms with van der Waals surface area (Å²) in [7, 11) is 0. The average Bonchev–Trinajstić information content (AvgIpc) is 3.04. The van der Waals surface area contributed by atoms with Gasteiger partial charge in [-0.05, 0) is 38.1 Å². The van der Waals surface area contributed by atoms with Crippen LogP contribution in [0.4, 0.5) is 10.8 Å². The predicted molar refractivity (Wildman–Crippen MR) is 123 cm³/mol. The van der Waals surface area contributed by atoms with Crippen LogP contribution in [0.3, 0.4) is 0 Å². The molecule has 0 unspecified atom stereocenters. The number of benzene rings is 2. The Morgan fingerprint density at radius 2 is 1.59 bits per heavy atom. The number of hydrogen-bond acceptors (Lipinski definition) is 5. The molecule has 0 radical (unpaired) electrons. The number of carbonyl (C=O) groups is 2. The molecule has 0 aliphatic carbocycles. The Hall–Kier alpha value is -2.35. The molecule has 2 amide bonds. The fourth-order valence-corrected chi connectivity index (χ4v) is 4.15. The molecule has 1 heterocycles. The van der Waals surface area contributed by atoms with Crippen LogP contribution in [0.5, 0.6) is 0 Å². The number of hydrogen-bond donors (Lipinski definition) is 2. The van der Waals surface area contributed by atoms with E-state index in [0.29, 0.717) is 10.2 Å². The Morgan fingerprint density at radius 1 is 0.966 bits per heavy atom. The van der Waals surface area contributed by atoms with E-state index in [1.807, 2.05) is 62.4 Å². The highest BCUT2D eigenvalue weighted by atomic mass is 35.5. The summed E-state index contributed by atoms with van der Waals surface area (Å²) in [6.45, 7) is 3.95. The highest BCUT2D eigenvalue weighted by Crippen LogP contribution is 2.31. The molecule has 3 rings (SSSR count). The highest BCUT2D eigenvalue weighted by Gasteiger charge is 2.13. The van der Waals surface area contributed by atoms with Crippen molar-refractivity contribution in [1.82, 2.24) is 4.98 Å². The van der Waals surface area contributed by atoms with Crippen molar-refractivity contribution in [3.05, 3.63) is 64.0 Å². The third kappa shape index (κ3) is 6.32. The van der Waals surface area contributed by atoms with Crippen LogP contribution in [-0.2, 0) is 9.59 Å². The molecule has 0 saturated heterocycles. The molecule has 2 aromatic carbocycles. The first kappa shape index (κ1) is 21.4. The number of anilines is 2. The molecule has 5 nitrogen and oxygen atoms in total. The summed E-state index contributed by atoms with van der Waals surface area (Å²) >= 11 is 8.61. The van der Waals surface area contributed by atoms with Crippen LogP contribution in [0.25, 0.3) is 11.3 Å². The lowest BCUT2D eigenvalue weighted by Gasteiger charge is -2.05. The summed E-state index contributed by atoms with van der Waals surface area (Å²) in [5.41, 5.74) is 3.65. The van der Waals surface area contributed by atoms with Gasteiger partial charge in [0.2, 0.25) is 11.8 Å². The number of nitrogens with one attached hydrogen (secondary N) is 2. The SMILES string of the molecule is Cc1ccc(NC(=O)CSCC(=O)Nc2nc(-c3ccc(Cl)cc3)c(C)s2)cc1. The summed E-state index contributed by atoms with van der Waals surface area (Å²) < 4.78 is 0. The Kier molecular flexibility index (Phi) is 7.30. The molecule has 0 bridgehead atoms. The number of amides is 2. The van der Waals surface area contributed by atoms with Gasteiger partial charge in [0.25, 0.3) is 0 Å². The average molecular weight is 446 g/mol. The number of aryl methyl sites for hydroxylation is 2. The molecular weight excluding hydrogens is 426 g/mol. The zero-order chi connectivity index (χ0) is 20.8. The largest absolute Gasteiger partial charge is 0.325 e. The molecular formula is C21H20ClN3O2S2. The van der Waals surface area contributed by atoms with Crippen LogP contribution in [-0.4, -0.2) is 28.3 Å². The summed E-state index contributed by atoms with van der Waals surface area (Å²) in [6.07, 6.45) is 0. The van der Waals surface area contributed by atoms with Crippen molar-refractivity contribution in [2.45, 2.75) is 13.8 Å². The summed E-state index contributed by atoms with van der Waals surface area (Å²) in [4.78, 5) is 29.7. The molecule has 1 aromatic heterocycles. The molecule has 0 aliphatic heterocycles. The van der Waals surface area contributed by atoms with Crippen LogP contribution >= 0.6 is 34.7 Å². The lowest BCUT2D eigenvalue weighted by molar-refractivity contribution is -0.114. The Morgan fingerprint density at radius 3 is 2.24 bits per heavy atom. The second-order valence-electron chi connectivity index (χ2n) is 6.39. The van der Waals surface area contributed by atoms with Gasteiger partial charge >= 0.3 is 0 Å². The first-order chi connectivity index (χ1) is 13.9. The van der Waals surface area contributed by atoms with Crippen molar-refractivity contribution < 1.29 is 9.59 Å². The standard InChI is InChI=1S/C21H20ClN3O2S2/c1-13-3-9-17(10-4-13)23-18(26)11-28-12-19(27)24-21-25-20(14(2)29-21)15-5-7-16(22)8-6-15/h3-10H,11-12H2,1-2H3,(H,23,26)(H,24,25,27). The quantitative estimate of drug-likeness (QED) is 0.511. The zero-order valence-electron chi connectivity index (χ0n) is 16.0. The highest BCUT2D eigenvalue weighted by molar-refractivity contribution is 8.00. The number of carbonyl (C=O) groups excluding carboxylic acids is 2. The van der Waals surface area contributed by atoms with Gasteiger partial charge in [-0.1, -0.05) is 41.4 Å². The Balaban J connectivity index is 1.47. The lowest BCUT2D eigenvalue weighted by atomic mass is 10.1. The molecule has 3 aromatic rings. The van der Waals surface area contributed by atoms with Crippen LogP contribution in [0.15, 0.2) is 48.5 Å². The maximum atomic E-state index is 12.2. The van der Waals surface area contributed by atoms with Crippen molar-refractivity contribution in [2.75, 3.05) is 22.1 Å². The van der Waals surface area contributed by atoms with Crippen LogP contribution in [0, 0.1) is 13.8 Å².